The highest BCUT2D eigenvalue weighted by Gasteiger charge is 2.25. The molecule has 0 aliphatic heterocycles. The third-order valence-corrected chi connectivity index (χ3v) is 7.09. The molecular weight excluding hydrogens is 494 g/mol. The molecule has 35 heavy (non-hydrogen) atoms. The normalized spacial score (nSPS) is 12.7. The SMILES string of the molecule is CC(C)(C)OC(=O)N(CCc1ccc(S(=O)(=O)CCCC(=O)O)cc1)CC(O)c1cccc(Cl)c1. The highest BCUT2D eigenvalue weighted by atomic mass is 35.5. The number of hydrogen-bond acceptors (Lipinski definition) is 6. The molecule has 0 aliphatic rings. The van der Waals surface area contributed by atoms with Crippen molar-refractivity contribution in [2.45, 2.75) is 56.6 Å². The van der Waals surface area contributed by atoms with Crippen molar-refractivity contribution in [3.05, 3.63) is 64.7 Å². The number of carboxylic acids is 1. The summed E-state index contributed by atoms with van der Waals surface area (Å²) in [5.74, 6) is -1.28. The van der Waals surface area contributed by atoms with Gasteiger partial charge in [-0.25, -0.2) is 13.2 Å². The van der Waals surface area contributed by atoms with Crippen LogP contribution in [-0.4, -0.2) is 60.0 Å². The number of aliphatic hydroxyl groups is 1. The largest absolute Gasteiger partial charge is 0.481 e. The molecule has 1 amide bonds. The number of aliphatic carboxylic acids is 1. The van der Waals surface area contributed by atoms with Gasteiger partial charge < -0.3 is 19.8 Å². The molecule has 2 rings (SSSR count). The van der Waals surface area contributed by atoms with Crippen LogP contribution in [0.2, 0.25) is 5.02 Å². The van der Waals surface area contributed by atoms with E-state index in [0.29, 0.717) is 17.0 Å². The number of hydrogen-bond donors (Lipinski definition) is 2. The van der Waals surface area contributed by atoms with E-state index in [4.69, 9.17) is 21.4 Å². The number of amides is 1. The summed E-state index contributed by atoms with van der Waals surface area (Å²) in [4.78, 5) is 24.9. The third-order valence-electron chi connectivity index (χ3n) is 5.04. The molecule has 10 heteroatoms. The molecule has 0 bridgehead atoms. The summed E-state index contributed by atoms with van der Waals surface area (Å²) in [6.07, 6.45) is -1.31. The lowest BCUT2D eigenvalue weighted by Gasteiger charge is -2.29. The van der Waals surface area contributed by atoms with Crippen LogP contribution in [0.5, 0.6) is 0 Å². The lowest BCUT2D eigenvalue weighted by molar-refractivity contribution is -0.137. The molecule has 0 aliphatic carbocycles. The number of ether oxygens (including phenoxy) is 1. The molecule has 0 spiro atoms. The zero-order valence-electron chi connectivity index (χ0n) is 20.1. The van der Waals surface area contributed by atoms with Crippen molar-refractivity contribution in [2.75, 3.05) is 18.8 Å². The van der Waals surface area contributed by atoms with Gasteiger partial charge in [-0.05, 0) is 69.0 Å². The van der Waals surface area contributed by atoms with Crippen molar-refractivity contribution < 1.29 is 33.0 Å². The monoisotopic (exact) mass is 525 g/mol. The van der Waals surface area contributed by atoms with E-state index in [1.807, 2.05) is 0 Å². The maximum absolute atomic E-state index is 12.8. The highest BCUT2D eigenvalue weighted by Crippen LogP contribution is 2.21. The van der Waals surface area contributed by atoms with Gasteiger partial charge in [-0.3, -0.25) is 4.79 Å². The number of nitrogens with zero attached hydrogens (tertiary/aromatic N) is 1. The summed E-state index contributed by atoms with van der Waals surface area (Å²) >= 11 is 6.02. The van der Waals surface area contributed by atoms with Crippen LogP contribution in [-0.2, 0) is 25.8 Å². The lowest BCUT2D eigenvalue weighted by Crippen LogP contribution is -2.40. The number of carbonyl (C=O) groups is 2. The number of aliphatic hydroxyl groups excluding tert-OH is 1. The first kappa shape index (κ1) is 28.6. The summed E-state index contributed by atoms with van der Waals surface area (Å²) in [5, 5.41) is 19.9. The van der Waals surface area contributed by atoms with Crippen molar-refractivity contribution in [1.82, 2.24) is 4.90 Å². The number of carboxylic acid groups (broad SMARTS) is 1. The Kier molecular flexibility index (Phi) is 10.1. The van der Waals surface area contributed by atoms with E-state index in [0.717, 1.165) is 5.56 Å². The van der Waals surface area contributed by atoms with Crippen molar-refractivity contribution in [1.29, 1.82) is 0 Å². The smallest absolute Gasteiger partial charge is 0.410 e. The van der Waals surface area contributed by atoms with E-state index in [-0.39, 0.29) is 36.6 Å². The number of rotatable bonds is 11. The van der Waals surface area contributed by atoms with Crippen LogP contribution >= 0.6 is 11.6 Å². The second kappa shape index (κ2) is 12.4. The van der Waals surface area contributed by atoms with Crippen molar-refractivity contribution in [2.24, 2.45) is 0 Å². The summed E-state index contributed by atoms with van der Waals surface area (Å²) < 4.78 is 30.3. The van der Waals surface area contributed by atoms with E-state index in [2.05, 4.69) is 0 Å². The lowest BCUT2D eigenvalue weighted by atomic mass is 10.1. The van der Waals surface area contributed by atoms with Crippen LogP contribution in [0.3, 0.4) is 0 Å². The van der Waals surface area contributed by atoms with Crippen LogP contribution in [0.4, 0.5) is 4.79 Å². The van der Waals surface area contributed by atoms with Gasteiger partial charge in [0.25, 0.3) is 0 Å². The molecule has 192 valence electrons. The first-order valence-electron chi connectivity index (χ1n) is 11.2. The Balaban J connectivity index is 2.09. The molecular formula is C25H32ClNO7S. The van der Waals surface area contributed by atoms with Crippen LogP contribution < -0.4 is 0 Å². The summed E-state index contributed by atoms with van der Waals surface area (Å²) in [6.45, 7) is 5.49. The summed E-state index contributed by atoms with van der Waals surface area (Å²) in [5.41, 5.74) is 0.649. The standard InChI is InChI=1S/C25H32ClNO7S/c1-25(2,3)34-24(31)27(17-22(28)19-6-4-7-20(26)16-19)14-13-18-9-11-21(12-10-18)35(32,33)15-5-8-23(29)30/h4,6-7,9-12,16,22,28H,5,8,13-15,17H2,1-3H3,(H,29,30). The Morgan fingerprint density at radius 3 is 2.34 bits per heavy atom. The van der Waals surface area contributed by atoms with Gasteiger partial charge in [0.2, 0.25) is 0 Å². The van der Waals surface area contributed by atoms with Crippen LogP contribution in [0, 0.1) is 0 Å². The summed E-state index contributed by atoms with van der Waals surface area (Å²) in [6, 6.07) is 13.0. The second-order valence-electron chi connectivity index (χ2n) is 9.21. The number of carbonyl (C=O) groups excluding carboxylic acids is 1. The quantitative estimate of drug-likeness (QED) is 0.443. The average molecular weight is 526 g/mol. The van der Waals surface area contributed by atoms with Gasteiger partial charge in [0.1, 0.15) is 5.60 Å². The minimum atomic E-state index is -3.58. The van der Waals surface area contributed by atoms with Crippen LogP contribution in [0.25, 0.3) is 0 Å². The molecule has 0 radical (unpaired) electrons. The number of benzene rings is 2. The second-order valence-corrected chi connectivity index (χ2v) is 11.8. The van der Waals surface area contributed by atoms with Gasteiger partial charge in [0.05, 0.1) is 23.3 Å². The molecule has 1 atom stereocenters. The zero-order chi connectivity index (χ0) is 26.2. The van der Waals surface area contributed by atoms with Crippen LogP contribution in [0.15, 0.2) is 53.4 Å². The molecule has 2 aromatic carbocycles. The van der Waals surface area contributed by atoms with E-state index >= 15 is 0 Å². The predicted molar refractivity (Wildman–Crippen MR) is 133 cm³/mol. The molecule has 0 saturated carbocycles. The van der Waals surface area contributed by atoms with Crippen molar-refractivity contribution in [3.8, 4) is 0 Å². The molecule has 1 unspecified atom stereocenters. The fraction of sp³-hybridized carbons (Fsp3) is 0.440. The predicted octanol–water partition coefficient (Wildman–Crippen LogP) is 4.49. The van der Waals surface area contributed by atoms with Gasteiger partial charge in [-0.1, -0.05) is 35.9 Å². The Labute approximate surface area is 211 Å². The fourth-order valence-electron chi connectivity index (χ4n) is 3.27. The Morgan fingerprint density at radius 2 is 1.77 bits per heavy atom. The van der Waals surface area contributed by atoms with Gasteiger partial charge in [0.15, 0.2) is 9.84 Å². The third kappa shape index (κ3) is 9.87. The molecule has 0 heterocycles. The molecule has 2 N–H and O–H groups in total. The summed E-state index contributed by atoms with van der Waals surface area (Å²) in [7, 11) is -3.58. The molecule has 2 aromatic rings. The van der Waals surface area contributed by atoms with E-state index in [9.17, 15) is 23.1 Å². The zero-order valence-corrected chi connectivity index (χ0v) is 21.7. The molecule has 0 saturated heterocycles. The number of sulfone groups is 1. The maximum atomic E-state index is 12.8. The van der Waals surface area contributed by atoms with Crippen LogP contribution in [0.1, 0.15) is 50.8 Å². The molecule has 0 aromatic heterocycles. The Bertz CT molecular complexity index is 1110. The Morgan fingerprint density at radius 1 is 1.11 bits per heavy atom. The minimum Gasteiger partial charge on any atom is -0.481 e. The molecule has 8 nitrogen and oxygen atoms in total. The average Bonchev–Trinajstić information content (AvgIpc) is 2.75. The topological polar surface area (TPSA) is 121 Å². The minimum absolute atomic E-state index is 0.00864. The van der Waals surface area contributed by atoms with Crippen molar-refractivity contribution >= 4 is 33.5 Å². The maximum Gasteiger partial charge on any atom is 0.410 e. The fourth-order valence-corrected chi connectivity index (χ4v) is 4.78. The van der Waals surface area contributed by atoms with E-state index in [1.165, 1.54) is 17.0 Å². The van der Waals surface area contributed by atoms with Gasteiger partial charge >= 0.3 is 12.1 Å². The highest BCUT2D eigenvalue weighted by molar-refractivity contribution is 7.91. The first-order valence-corrected chi connectivity index (χ1v) is 13.2. The van der Waals surface area contributed by atoms with E-state index in [1.54, 1.807) is 57.2 Å². The first-order chi connectivity index (χ1) is 16.3. The van der Waals surface area contributed by atoms with Crippen molar-refractivity contribution in [3.63, 3.8) is 0 Å². The van der Waals surface area contributed by atoms with Gasteiger partial charge in [0, 0.05) is 18.0 Å². The number of halogens is 1. The molecule has 0 fully saturated rings. The Hall–Kier alpha value is -2.62. The van der Waals surface area contributed by atoms with E-state index < -0.39 is 33.6 Å². The van der Waals surface area contributed by atoms with Gasteiger partial charge in [-0.2, -0.15) is 0 Å². The van der Waals surface area contributed by atoms with Gasteiger partial charge in [-0.15, -0.1) is 0 Å².